The lowest BCUT2D eigenvalue weighted by Gasteiger charge is -2.56. The minimum atomic E-state index is -0.368. The first-order valence-corrected chi connectivity index (χ1v) is 12.6. The summed E-state index contributed by atoms with van der Waals surface area (Å²) in [5.41, 5.74) is 0.995. The highest BCUT2D eigenvalue weighted by atomic mass is 16.5. The Hall–Kier alpha value is -2.57. The number of carbonyl (C=O) groups is 3. The first-order valence-electron chi connectivity index (χ1n) is 12.6. The number of esters is 1. The number of urea groups is 1. The Labute approximate surface area is 195 Å². The summed E-state index contributed by atoms with van der Waals surface area (Å²) in [5.74, 6) is 2.20. The molecule has 0 atom stereocenters. The molecule has 7 nitrogen and oxygen atoms in total. The molecule has 0 aromatic heterocycles. The monoisotopic (exact) mass is 453 g/mol. The minimum absolute atomic E-state index is 0.112. The second-order valence-electron chi connectivity index (χ2n) is 10.7. The van der Waals surface area contributed by atoms with Crippen LogP contribution < -0.4 is 10.6 Å². The number of hydrogen-bond donors (Lipinski definition) is 2. The smallest absolute Gasteiger partial charge is 0.338 e. The van der Waals surface area contributed by atoms with Gasteiger partial charge in [-0.1, -0.05) is 0 Å². The van der Waals surface area contributed by atoms with E-state index in [0.29, 0.717) is 30.9 Å². The molecule has 1 saturated heterocycles. The van der Waals surface area contributed by atoms with E-state index < -0.39 is 0 Å². The van der Waals surface area contributed by atoms with E-state index in [-0.39, 0.29) is 29.4 Å². The van der Waals surface area contributed by atoms with Crippen LogP contribution in [0.15, 0.2) is 24.3 Å². The molecule has 1 aromatic rings. The van der Waals surface area contributed by atoms with Crippen molar-refractivity contribution in [2.75, 3.05) is 25.0 Å². The van der Waals surface area contributed by atoms with E-state index >= 15 is 0 Å². The Morgan fingerprint density at radius 1 is 0.970 bits per heavy atom. The van der Waals surface area contributed by atoms with Crippen LogP contribution in [0.2, 0.25) is 0 Å². The maximum atomic E-state index is 13.3. The molecule has 5 aliphatic rings. The Morgan fingerprint density at radius 3 is 2.09 bits per heavy atom. The van der Waals surface area contributed by atoms with Gasteiger partial charge in [-0.3, -0.25) is 4.79 Å². The molecule has 4 saturated carbocycles. The van der Waals surface area contributed by atoms with Gasteiger partial charge in [-0.15, -0.1) is 0 Å². The van der Waals surface area contributed by atoms with Gasteiger partial charge in [0.15, 0.2) is 0 Å². The van der Waals surface area contributed by atoms with Crippen LogP contribution in [0.1, 0.15) is 68.6 Å². The first-order chi connectivity index (χ1) is 15.9. The molecule has 1 heterocycles. The summed E-state index contributed by atoms with van der Waals surface area (Å²) in [6, 6.07) is 6.73. The van der Waals surface area contributed by atoms with E-state index in [1.54, 1.807) is 36.1 Å². The van der Waals surface area contributed by atoms with Crippen molar-refractivity contribution in [3.8, 4) is 0 Å². The number of amides is 3. The molecule has 5 fully saturated rings. The third kappa shape index (κ3) is 4.59. The minimum Gasteiger partial charge on any atom is -0.462 e. The number of hydrogen-bond acceptors (Lipinski definition) is 4. The van der Waals surface area contributed by atoms with E-state index in [1.807, 2.05) is 0 Å². The second kappa shape index (κ2) is 8.99. The Morgan fingerprint density at radius 2 is 1.55 bits per heavy atom. The number of nitrogens with one attached hydrogen (secondary N) is 2. The van der Waals surface area contributed by atoms with Gasteiger partial charge in [-0.05, 0) is 100 Å². The third-order valence-electron chi connectivity index (χ3n) is 8.28. The molecule has 178 valence electrons. The van der Waals surface area contributed by atoms with Crippen LogP contribution in [0.25, 0.3) is 0 Å². The number of carbonyl (C=O) groups excluding carboxylic acids is 3. The number of ether oxygens (including phenoxy) is 1. The molecule has 2 N–H and O–H groups in total. The molecule has 0 unspecified atom stereocenters. The van der Waals surface area contributed by atoms with E-state index in [1.165, 1.54) is 19.3 Å². The normalized spacial score (nSPS) is 30.7. The molecule has 0 spiro atoms. The van der Waals surface area contributed by atoms with Gasteiger partial charge in [0.1, 0.15) is 0 Å². The van der Waals surface area contributed by atoms with Gasteiger partial charge in [-0.25, -0.2) is 9.59 Å². The van der Waals surface area contributed by atoms with Crippen molar-refractivity contribution in [3.63, 3.8) is 0 Å². The predicted molar refractivity (Wildman–Crippen MR) is 125 cm³/mol. The van der Waals surface area contributed by atoms with E-state index in [2.05, 4.69) is 10.6 Å². The van der Waals surface area contributed by atoms with Crippen molar-refractivity contribution >= 4 is 23.6 Å². The van der Waals surface area contributed by atoms with Crippen molar-refractivity contribution in [2.24, 2.45) is 23.2 Å². The van der Waals surface area contributed by atoms with Crippen LogP contribution in [0.4, 0.5) is 10.5 Å². The topological polar surface area (TPSA) is 87.7 Å². The summed E-state index contributed by atoms with van der Waals surface area (Å²) in [4.78, 5) is 39.5. The molecule has 1 aliphatic heterocycles. The molecule has 6 rings (SSSR count). The van der Waals surface area contributed by atoms with Gasteiger partial charge in [0, 0.05) is 30.2 Å². The van der Waals surface area contributed by atoms with Crippen molar-refractivity contribution in [2.45, 2.75) is 64.3 Å². The number of anilines is 1. The van der Waals surface area contributed by atoms with E-state index in [9.17, 15) is 14.4 Å². The maximum Gasteiger partial charge on any atom is 0.338 e. The molecule has 0 radical (unpaired) electrons. The van der Waals surface area contributed by atoms with Gasteiger partial charge in [-0.2, -0.15) is 0 Å². The van der Waals surface area contributed by atoms with Crippen LogP contribution in [-0.4, -0.2) is 48.5 Å². The van der Waals surface area contributed by atoms with E-state index in [0.717, 1.165) is 49.9 Å². The third-order valence-corrected chi connectivity index (χ3v) is 8.28. The fourth-order valence-corrected chi connectivity index (χ4v) is 7.06. The average molecular weight is 454 g/mol. The quantitative estimate of drug-likeness (QED) is 0.655. The molecule has 7 heteroatoms. The Bertz CT molecular complexity index is 869. The number of rotatable bonds is 5. The zero-order valence-corrected chi connectivity index (χ0v) is 19.5. The molecule has 3 amide bonds. The maximum absolute atomic E-state index is 13.3. The molecular weight excluding hydrogens is 418 g/mol. The van der Waals surface area contributed by atoms with E-state index in [4.69, 9.17) is 4.74 Å². The highest BCUT2D eigenvalue weighted by molar-refractivity contribution is 5.92. The van der Waals surface area contributed by atoms with Gasteiger partial charge >= 0.3 is 12.0 Å². The van der Waals surface area contributed by atoms with Gasteiger partial charge < -0.3 is 20.3 Å². The fraction of sp³-hybridized carbons (Fsp3) is 0.654. The highest BCUT2D eigenvalue weighted by Crippen LogP contribution is 2.60. The summed E-state index contributed by atoms with van der Waals surface area (Å²) < 4.78 is 4.98. The van der Waals surface area contributed by atoms with Crippen molar-refractivity contribution in [1.29, 1.82) is 0 Å². The van der Waals surface area contributed by atoms with Crippen LogP contribution >= 0.6 is 0 Å². The highest BCUT2D eigenvalue weighted by Gasteiger charge is 2.54. The van der Waals surface area contributed by atoms with Gasteiger partial charge in [0.05, 0.1) is 12.2 Å². The van der Waals surface area contributed by atoms with Crippen LogP contribution in [0.3, 0.4) is 0 Å². The molecular formula is C26H35N3O4. The summed E-state index contributed by atoms with van der Waals surface area (Å²) in [6.07, 6.45) is 8.84. The summed E-state index contributed by atoms with van der Waals surface area (Å²) >= 11 is 0. The number of piperidine rings is 1. The second-order valence-corrected chi connectivity index (χ2v) is 10.7. The lowest BCUT2D eigenvalue weighted by molar-refractivity contribution is -0.147. The fourth-order valence-electron chi connectivity index (χ4n) is 7.06. The van der Waals surface area contributed by atoms with Crippen LogP contribution in [0.5, 0.6) is 0 Å². The zero-order valence-electron chi connectivity index (χ0n) is 19.5. The lowest BCUT2D eigenvalue weighted by Crippen LogP contribution is -2.56. The predicted octanol–water partition coefficient (Wildman–Crippen LogP) is 4.19. The summed E-state index contributed by atoms with van der Waals surface area (Å²) in [7, 11) is 0. The van der Waals surface area contributed by atoms with Gasteiger partial charge in [0.2, 0.25) is 5.91 Å². The molecule has 4 aliphatic carbocycles. The van der Waals surface area contributed by atoms with Crippen molar-refractivity contribution < 1.29 is 19.1 Å². The first kappa shape index (κ1) is 22.2. The SMILES string of the molecule is CCOC(=O)c1ccc(NC(=O)N2CCC(NC(=O)C34CC5CC(CC(C5)C3)C4)CC2)cc1. The number of nitrogens with zero attached hydrogens (tertiary/aromatic N) is 1. The standard InChI is InChI=1S/C26H35N3O4/c1-2-33-23(30)20-3-5-21(6-4-20)28-25(32)29-9-7-22(8-10-29)27-24(31)26-14-17-11-18(15-26)13-19(12-17)16-26/h3-6,17-19,22H,2,7-16H2,1H3,(H,27,31)(H,28,32). The summed E-state index contributed by atoms with van der Waals surface area (Å²) in [5, 5.41) is 6.27. The van der Waals surface area contributed by atoms with Crippen molar-refractivity contribution in [1.82, 2.24) is 10.2 Å². The molecule has 33 heavy (non-hydrogen) atoms. The Balaban J connectivity index is 1.10. The van der Waals surface area contributed by atoms with Gasteiger partial charge in [0.25, 0.3) is 0 Å². The molecule has 4 bridgehead atoms. The van der Waals surface area contributed by atoms with Crippen LogP contribution in [0, 0.1) is 23.2 Å². The average Bonchev–Trinajstić information content (AvgIpc) is 2.79. The summed E-state index contributed by atoms with van der Waals surface area (Å²) in [6.45, 7) is 3.34. The van der Waals surface area contributed by atoms with Crippen molar-refractivity contribution in [3.05, 3.63) is 29.8 Å². The largest absolute Gasteiger partial charge is 0.462 e. The van der Waals surface area contributed by atoms with Crippen LogP contribution in [-0.2, 0) is 9.53 Å². The zero-order chi connectivity index (χ0) is 23.0. The lowest BCUT2D eigenvalue weighted by atomic mass is 9.49. The molecule has 1 aromatic carbocycles. The number of benzene rings is 1. The Kier molecular flexibility index (Phi) is 6.06. The number of likely N-dealkylation sites (tertiary alicyclic amines) is 1.